The number of nitrogens with two attached hydrogens (primary N) is 1. The zero-order chi connectivity index (χ0) is 15.8. The molecule has 0 aromatic rings. The predicted octanol–water partition coefficient (Wildman–Crippen LogP) is -0.370. The minimum atomic E-state index is -3.02. The molecule has 1 amide bonds. The maximum Gasteiger partial charge on any atom is 0.226 e. The van der Waals surface area contributed by atoms with E-state index in [0.717, 1.165) is 0 Å². The van der Waals surface area contributed by atoms with E-state index in [0.29, 0.717) is 37.6 Å². The summed E-state index contributed by atoms with van der Waals surface area (Å²) in [7, 11) is -3.02. The number of hydrogen-bond acceptors (Lipinski definition) is 5. The van der Waals surface area contributed by atoms with Gasteiger partial charge in [0.2, 0.25) is 5.91 Å². The van der Waals surface area contributed by atoms with Crippen molar-refractivity contribution in [2.24, 2.45) is 11.7 Å². The summed E-state index contributed by atoms with van der Waals surface area (Å²) in [6, 6.07) is 0. The molecule has 2 heterocycles. The minimum Gasteiger partial charge on any atom is -0.392 e. The van der Waals surface area contributed by atoms with Gasteiger partial charge in [-0.15, -0.1) is 0 Å². The van der Waals surface area contributed by atoms with Crippen LogP contribution in [0.2, 0.25) is 0 Å². The summed E-state index contributed by atoms with van der Waals surface area (Å²) in [5.41, 5.74) is 5.41. The number of carbonyl (C=O) groups excluding carboxylic acids is 1. The van der Waals surface area contributed by atoms with Crippen LogP contribution in [-0.2, 0) is 14.6 Å². The first kappa shape index (κ1) is 16.6. The average molecular weight is 333 g/mol. The van der Waals surface area contributed by atoms with Gasteiger partial charge in [0.15, 0.2) is 9.84 Å². The second-order valence-electron chi connectivity index (χ2n) is 6.34. The number of carbonyl (C=O) groups is 1. The molecule has 2 N–H and O–H groups in total. The molecule has 21 heavy (non-hydrogen) atoms. The zero-order valence-corrected chi connectivity index (χ0v) is 14.2. The maximum absolute atomic E-state index is 12.4. The third-order valence-electron chi connectivity index (χ3n) is 4.57. The molecule has 0 aliphatic carbocycles. The van der Waals surface area contributed by atoms with Crippen molar-refractivity contribution in [3.8, 4) is 0 Å². The van der Waals surface area contributed by atoms with Crippen LogP contribution in [0.4, 0.5) is 0 Å². The summed E-state index contributed by atoms with van der Waals surface area (Å²) in [5.74, 6) is -0.239. The van der Waals surface area contributed by atoms with Crippen LogP contribution in [0.5, 0.6) is 0 Å². The molecule has 1 unspecified atom stereocenters. The van der Waals surface area contributed by atoms with Crippen LogP contribution in [0.3, 0.4) is 0 Å². The highest BCUT2D eigenvalue weighted by Crippen LogP contribution is 2.23. The Balaban J connectivity index is 1.93. The highest BCUT2D eigenvalue weighted by Gasteiger charge is 2.38. The smallest absolute Gasteiger partial charge is 0.226 e. The third kappa shape index (κ3) is 3.54. The van der Waals surface area contributed by atoms with Crippen molar-refractivity contribution in [2.45, 2.75) is 25.8 Å². The van der Waals surface area contributed by atoms with Gasteiger partial charge in [0.05, 0.1) is 28.0 Å². The van der Waals surface area contributed by atoms with Gasteiger partial charge >= 0.3 is 0 Å². The monoisotopic (exact) mass is 333 g/mol. The predicted molar refractivity (Wildman–Crippen MR) is 85.8 cm³/mol. The molecule has 0 spiro atoms. The molecule has 0 aromatic carbocycles. The molecule has 8 heteroatoms. The number of sulfone groups is 1. The van der Waals surface area contributed by atoms with Gasteiger partial charge in [0.1, 0.15) is 0 Å². The van der Waals surface area contributed by atoms with Crippen LogP contribution in [0.1, 0.15) is 20.3 Å². The van der Waals surface area contributed by atoms with Gasteiger partial charge < -0.3 is 10.6 Å². The van der Waals surface area contributed by atoms with E-state index in [2.05, 4.69) is 4.90 Å². The van der Waals surface area contributed by atoms with E-state index in [1.807, 2.05) is 13.8 Å². The Kier molecular flexibility index (Phi) is 4.60. The molecule has 2 aliphatic rings. The molecule has 0 aromatic heterocycles. The van der Waals surface area contributed by atoms with Gasteiger partial charge in [0.25, 0.3) is 0 Å². The second-order valence-corrected chi connectivity index (χ2v) is 9.00. The van der Waals surface area contributed by atoms with E-state index in [9.17, 15) is 13.2 Å². The number of thiocarbonyl (C=S) groups is 1. The lowest BCUT2D eigenvalue weighted by atomic mass is 10.0. The summed E-state index contributed by atoms with van der Waals surface area (Å²) in [6.07, 6.45) is 0.458. The van der Waals surface area contributed by atoms with Gasteiger partial charge in [-0.25, -0.2) is 8.42 Å². The van der Waals surface area contributed by atoms with Crippen molar-refractivity contribution in [3.05, 3.63) is 0 Å². The van der Waals surface area contributed by atoms with Crippen molar-refractivity contribution in [1.82, 2.24) is 9.80 Å². The highest BCUT2D eigenvalue weighted by atomic mass is 32.2. The Bertz CT molecular complexity index is 537. The first-order valence-corrected chi connectivity index (χ1v) is 9.40. The molecule has 6 nitrogen and oxygen atoms in total. The Labute approximate surface area is 131 Å². The SMILES string of the molecule is CC(C)(C(N)=S)N1CCN(C(=O)C2CCS(=O)(=O)C2)CC1. The molecular formula is C13H23N3O3S2. The molecule has 0 radical (unpaired) electrons. The normalized spacial score (nSPS) is 26.8. The first-order chi connectivity index (χ1) is 9.63. The topological polar surface area (TPSA) is 83.7 Å². The largest absolute Gasteiger partial charge is 0.392 e. The molecule has 0 saturated carbocycles. The Morgan fingerprint density at radius 2 is 1.81 bits per heavy atom. The second kappa shape index (κ2) is 5.81. The van der Waals surface area contributed by atoms with Crippen molar-refractivity contribution >= 4 is 33.0 Å². The van der Waals surface area contributed by atoms with Gasteiger partial charge in [-0.2, -0.15) is 0 Å². The van der Waals surface area contributed by atoms with Crippen LogP contribution >= 0.6 is 12.2 Å². The Morgan fingerprint density at radius 3 is 2.24 bits per heavy atom. The Hall–Kier alpha value is -0.730. The van der Waals surface area contributed by atoms with E-state index in [1.54, 1.807) is 4.90 Å². The van der Waals surface area contributed by atoms with E-state index in [-0.39, 0.29) is 28.9 Å². The van der Waals surface area contributed by atoms with Crippen molar-refractivity contribution in [3.63, 3.8) is 0 Å². The van der Waals surface area contributed by atoms with Gasteiger partial charge in [-0.3, -0.25) is 9.69 Å². The van der Waals surface area contributed by atoms with E-state index >= 15 is 0 Å². The lowest BCUT2D eigenvalue weighted by Crippen LogP contribution is -2.60. The van der Waals surface area contributed by atoms with Crippen LogP contribution in [-0.4, -0.2) is 72.3 Å². The number of nitrogens with zero attached hydrogens (tertiary/aromatic N) is 2. The average Bonchev–Trinajstić information content (AvgIpc) is 2.78. The van der Waals surface area contributed by atoms with Crippen LogP contribution in [0.15, 0.2) is 0 Å². The summed E-state index contributed by atoms with van der Waals surface area (Å²) in [5, 5.41) is 0. The van der Waals surface area contributed by atoms with Crippen molar-refractivity contribution < 1.29 is 13.2 Å². The lowest BCUT2D eigenvalue weighted by Gasteiger charge is -2.43. The van der Waals surface area contributed by atoms with Gasteiger partial charge in [-0.1, -0.05) is 12.2 Å². The number of hydrogen-bond donors (Lipinski definition) is 1. The zero-order valence-electron chi connectivity index (χ0n) is 12.5. The van der Waals surface area contributed by atoms with Crippen molar-refractivity contribution in [1.29, 1.82) is 0 Å². The molecule has 2 rings (SSSR count). The molecule has 2 aliphatic heterocycles. The fraction of sp³-hybridized carbons (Fsp3) is 0.846. The Morgan fingerprint density at radius 1 is 1.24 bits per heavy atom. The fourth-order valence-corrected chi connectivity index (χ4v) is 4.75. The fourth-order valence-electron chi connectivity index (χ4n) is 2.89. The number of rotatable bonds is 3. The maximum atomic E-state index is 12.4. The summed E-state index contributed by atoms with van der Waals surface area (Å²) >= 11 is 5.09. The molecule has 120 valence electrons. The molecule has 1 atom stereocenters. The van der Waals surface area contributed by atoms with Crippen molar-refractivity contribution in [2.75, 3.05) is 37.7 Å². The van der Waals surface area contributed by atoms with Crippen LogP contribution in [0.25, 0.3) is 0 Å². The summed E-state index contributed by atoms with van der Waals surface area (Å²) in [4.78, 5) is 16.8. The summed E-state index contributed by atoms with van der Waals surface area (Å²) in [6.45, 7) is 6.57. The lowest BCUT2D eigenvalue weighted by molar-refractivity contribution is -0.137. The van der Waals surface area contributed by atoms with E-state index in [4.69, 9.17) is 18.0 Å². The van der Waals surface area contributed by atoms with Gasteiger partial charge in [0, 0.05) is 26.2 Å². The quantitative estimate of drug-likeness (QED) is 0.710. The highest BCUT2D eigenvalue weighted by molar-refractivity contribution is 7.91. The number of piperazine rings is 1. The minimum absolute atomic E-state index is 0.00439. The summed E-state index contributed by atoms with van der Waals surface area (Å²) < 4.78 is 23.0. The molecule has 2 saturated heterocycles. The van der Waals surface area contributed by atoms with Crippen LogP contribution < -0.4 is 5.73 Å². The number of amides is 1. The van der Waals surface area contributed by atoms with E-state index < -0.39 is 9.84 Å². The molecule has 2 fully saturated rings. The third-order valence-corrected chi connectivity index (χ3v) is 6.83. The first-order valence-electron chi connectivity index (χ1n) is 7.17. The van der Waals surface area contributed by atoms with Gasteiger partial charge in [-0.05, 0) is 20.3 Å². The standard InChI is InChI=1S/C13H23N3O3S2/c1-13(2,12(14)20)16-6-4-15(5-7-16)11(17)10-3-8-21(18,19)9-10/h10H,3-9H2,1-2H3,(H2,14,20). The van der Waals surface area contributed by atoms with Crippen LogP contribution in [0, 0.1) is 5.92 Å². The molecular weight excluding hydrogens is 310 g/mol. The molecule has 0 bridgehead atoms. The van der Waals surface area contributed by atoms with E-state index in [1.165, 1.54) is 0 Å².